The topological polar surface area (TPSA) is 43.8 Å². The molecule has 1 aromatic carbocycles. The summed E-state index contributed by atoms with van der Waals surface area (Å²) in [5, 5.41) is 4.40. The molecule has 2 aromatic rings. The summed E-state index contributed by atoms with van der Waals surface area (Å²) in [6.07, 6.45) is 6.45. The first-order chi connectivity index (χ1) is 7.84. The number of rotatable bonds is 3. The number of benzene rings is 1. The molecule has 0 bridgehead atoms. The average Bonchev–Trinajstić information content (AvgIpc) is 3.00. The summed E-state index contributed by atoms with van der Waals surface area (Å²) < 4.78 is 1.92. The van der Waals surface area contributed by atoms with E-state index in [4.69, 9.17) is 5.73 Å². The molecule has 0 aliphatic heterocycles. The van der Waals surface area contributed by atoms with Crippen LogP contribution in [0.2, 0.25) is 0 Å². The highest BCUT2D eigenvalue weighted by atomic mass is 15.3. The fourth-order valence-corrected chi connectivity index (χ4v) is 2.08. The Kier molecular flexibility index (Phi) is 2.07. The number of nitrogens with two attached hydrogens (primary N) is 1. The van der Waals surface area contributed by atoms with Gasteiger partial charge in [0, 0.05) is 18.2 Å². The van der Waals surface area contributed by atoms with Crippen LogP contribution in [0.25, 0.3) is 5.69 Å². The fourth-order valence-electron chi connectivity index (χ4n) is 2.08. The number of aromatic nitrogens is 2. The van der Waals surface area contributed by atoms with Gasteiger partial charge in [0.15, 0.2) is 0 Å². The van der Waals surface area contributed by atoms with Crippen molar-refractivity contribution < 1.29 is 0 Å². The van der Waals surface area contributed by atoms with Gasteiger partial charge in [-0.1, -0.05) is 18.2 Å². The van der Waals surface area contributed by atoms with Gasteiger partial charge in [-0.05, 0) is 30.5 Å². The van der Waals surface area contributed by atoms with E-state index in [1.165, 1.54) is 18.4 Å². The van der Waals surface area contributed by atoms with E-state index in [9.17, 15) is 0 Å². The second-order valence-corrected chi connectivity index (χ2v) is 4.49. The van der Waals surface area contributed by atoms with E-state index in [0.29, 0.717) is 0 Å². The SMILES string of the molecule is NCC1(c2cnn(-c3ccccc3)c2)CC1. The minimum atomic E-state index is 0.229. The average molecular weight is 213 g/mol. The Morgan fingerprint density at radius 2 is 2.00 bits per heavy atom. The second-order valence-electron chi connectivity index (χ2n) is 4.49. The van der Waals surface area contributed by atoms with E-state index in [-0.39, 0.29) is 5.41 Å². The van der Waals surface area contributed by atoms with Gasteiger partial charge in [-0.25, -0.2) is 4.68 Å². The largest absolute Gasteiger partial charge is 0.330 e. The summed E-state index contributed by atoms with van der Waals surface area (Å²) in [4.78, 5) is 0. The highest BCUT2D eigenvalue weighted by Crippen LogP contribution is 2.47. The predicted octanol–water partition coefficient (Wildman–Crippen LogP) is 1.86. The van der Waals surface area contributed by atoms with Crippen molar-refractivity contribution in [2.24, 2.45) is 5.73 Å². The van der Waals surface area contributed by atoms with Crippen molar-refractivity contribution in [2.45, 2.75) is 18.3 Å². The molecule has 3 nitrogen and oxygen atoms in total. The zero-order valence-corrected chi connectivity index (χ0v) is 9.13. The van der Waals surface area contributed by atoms with Crippen molar-refractivity contribution in [2.75, 3.05) is 6.54 Å². The first kappa shape index (κ1) is 9.60. The van der Waals surface area contributed by atoms with Gasteiger partial charge in [0.2, 0.25) is 0 Å². The lowest BCUT2D eigenvalue weighted by molar-refractivity contribution is 0.704. The molecule has 0 saturated heterocycles. The third-order valence-corrected chi connectivity index (χ3v) is 3.46. The van der Waals surface area contributed by atoms with Crippen LogP contribution in [-0.2, 0) is 5.41 Å². The molecule has 1 aliphatic rings. The summed E-state index contributed by atoms with van der Waals surface area (Å²) in [7, 11) is 0. The van der Waals surface area contributed by atoms with Crippen LogP contribution in [-0.4, -0.2) is 16.3 Å². The van der Waals surface area contributed by atoms with E-state index in [1.54, 1.807) is 0 Å². The van der Waals surface area contributed by atoms with Crippen LogP contribution < -0.4 is 5.73 Å². The molecule has 3 rings (SSSR count). The fraction of sp³-hybridized carbons (Fsp3) is 0.308. The number of hydrogen-bond acceptors (Lipinski definition) is 2. The van der Waals surface area contributed by atoms with Crippen molar-refractivity contribution in [3.05, 3.63) is 48.3 Å². The van der Waals surface area contributed by atoms with Crippen LogP contribution in [0.3, 0.4) is 0 Å². The molecule has 1 aliphatic carbocycles. The summed E-state index contributed by atoms with van der Waals surface area (Å²) in [5.41, 5.74) is 8.42. The van der Waals surface area contributed by atoms with Crippen LogP contribution in [0, 0.1) is 0 Å². The molecule has 2 N–H and O–H groups in total. The molecule has 16 heavy (non-hydrogen) atoms. The molecule has 3 heteroatoms. The molecular formula is C13H15N3. The zero-order valence-electron chi connectivity index (χ0n) is 9.13. The first-order valence-electron chi connectivity index (χ1n) is 5.65. The van der Waals surface area contributed by atoms with Crippen LogP contribution in [0.4, 0.5) is 0 Å². The molecule has 0 unspecified atom stereocenters. The Labute approximate surface area is 94.9 Å². The third kappa shape index (κ3) is 1.44. The summed E-state index contributed by atoms with van der Waals surface area (Å²) in [5.74, 6) is 0. The lowest BCUT2D eigenvalue weighted by Gasteiger charge is -2.08. The van der Waals surface area contributed by atoms with Gasteiger partial charge >= 0.3 is 0 Å². The summed E-state index contributed by atoms with van der Waals surface area (Å²) in [6.45, 7) is 0.730. The Bertz CT molecular complexity index is 483. The molecular weight excluding hydrogens is 198 g/mol. The maximum absolute atomic E-state index is 5.81. The van der Waals surface area contributed by atoms with Crippen molar-refractivity contribution in [1.82, 2.24) is 9.78 Å². The van der Waals surface area contributed by atoms with E-state index < -0.39 is 0 Å². The van der Waals surface area contributed by atoms with E-state index in [2.05, 4.69) is 23.4 Å². The lowest BCUT2D eigenvalue weighted by atomic mass is 10.0. The Morgan fingerprint density at radius 3 is 2.62 bits per heavy atom. The predicted molar refractivity (Wildman–Crippen MR) is 63.5 cm³/mol. The van der Waals surface area contributed by atoms with Gasteiger partial charge in [-0.3, -0.25) is 0 Å². The molecule has 0 atom stereocenters. The second kappa shape index (κ2) is 3.46. The summed E-state index contributed by atoms with van der Waals surface area (Å²) in [6, 6.07) is 10.2. The van der Waals surface area contributed by atoms with E-state index in [1.807, 2.05) is 29.1 Å². The maximum atomic E-state index is 5.81. The molecule has 82 valence electrons. The highest BCUT2D eigenvalue weighted by Gasteiger charge is 2.43. The first-order valence-corrected chi connectivity index (χ1v) is 5.65. The molecule has 1 aromatic heterocycles. The van der Waals surface area contributed by atoms with Gasteiger partial charge < -0.3 is 5.73 Å². The maximum Gasteiger partial charge on any atom is 0.0645 e. The van der Waals surface area contributed by atoms with Crippen molar-refractivity contribution in [3.8, 4) is 5.69 Å². The zero-order chi connectivity index (χ0) is 11.0. The van der Waals surface area contributed by atoms with Gasteiger partial charge in [-0.2, -0.15) is 5.10 Å². The number of hydrogen-bond donors (Lipinski definition) is 1. The number of nitrogens with zero attached hydrogens (tertiary/aromatic N) is 2. The Morgan fingerprint density at radius 1 is 1.25 bits per heavy atom. The Balaban J connectivity index is 1.94. The van der Waals surface area contributed by atoms with Crippen LogP contribution in [0.1, 0.15) is 18.4 Å². The third-order valence-electron chi connectivity index (χ3n) is 3.46. The quantitative estimate of drug-likeness (QED) is 0.845. The van der Waals surface area contributed by atoms with Crippen molar-refractivity contribution in [3.63, 3.8) is 0 Å². The summed E-state index contributed by atoms with van der Waals surface area (Å²) >= 11 is 0. The van der Waals surface area contributed by atoms with E-state index >= 15 is 0 Å². The van der Waals surface area contributed by atoms with Crippen LogP contribution in [0.5, 0.6) is 0 Å². The van der Waals surface area contributed by atoms with Gasteiger partial charge in [-0.15, -0.1) is 0 Å². The smallest absolute Gasteiger partial charge is 0.0645 e. The molecule has 0 spiro atoms. The standard InChI is InChI=1S/C13H15N3/c14-10-13(6-7-13)11-8-15-16(9-11)12-4-2-1-3-5-12/h1-5,8-9H,6-7,10,14H2. The molecule has 1 saturated carbocycles. The molecule has 1 fully saturated rings. The van der Waals surface area contributed by atoms with Crippen molar-refractivity contribution in [1.29, 1.82) is 0 Å². The molecule has 0 radical (unpaired) electrons. The minimum Gasteiger partial charge on any atom is -0.330 e. The highest BCUT2D eigenvalue weighted by molar-refractivity contribution is 5.34. The molecule has 0 amide bonds. The van der Waals surface area contributed by atoms with Gasteiger partial charge in [0.25, 0.3) is 0 Å². The monoisotopic (exact) mass is 213 g/mol. The number of para-hydroxylation sites is 1. The van der Waals surface area contributed by atoms with Crippen LogP contribution in [0.15, 0.2) is 42.7 Å². The lowest BCUT2D eigenvalue weighted by Crippen LogP contribution is -2.18. The molecule has 1 heterocycles. The van der Waals surface area contributed by atoms with E-state index in [0.717, 1.165) is 12.2 Å². The van der Waals surface area contributed by atoms with Crippen molar-refractivity contribution >= 4 is 0 Å². The van der Waals surface area contributed by atoms with Gasteiger partial charge in [0.05, 0.1) is 11.9 Å². The van der Waals surface area contributed by atoms with Crippen LogP contribution >= 0.6 is 0 Å². The van der Waals surface area contributed by atoms with Gasteiger partial charge in [0.1, 0.15) is 0 Å². The normalized spacial score (nSPS) is 17.3. The minimum absolute atomic E-state index is 0.229. The Hall–Kier alpha value is -1.61.